The van der Waals surface area contributed by atoms with Crippen molar-refractivity contribution in [2.24, 2.45) is 0 Å². The van der Waals surface area contributed by atoms with Gasteiger partial charge in [-0.15, -0.1) is 0 Å². The molecule has 1 aliphatic rings. The quantitative estimate of drug-likeness (QED) is 0.894. The van der Waals surface area contributed by atoms with Crippen molar-refractivity contribution in [3.05, 3.63) is 29.8 Å². The maximum Gasteiger partial charge on any atom is 0.343 e. The lowest BCUT2D eigenvalue weighted by molar-refractivity contribution is -0.149. The molecule has 0 spiro atoms. The number of hydrogen-bond acceptors (Lipinski definition) is 4. The number of carbonyl (C=O) groups excluding carboxylic acids is 1. The molecule has 8 heteroatoms. The van der Waals surface area contributed by atoms with Gasteiger partial charge in [-0.25, -0.2) is 17.6 Å². The number of amides is 1. The van der Waals surface area contributed by atoms with E-state index in [-0.39, 0.29) is 29.2 Å². The molecule has 1 saturated heterocycles. The van der Waals surface area contributed by atoms with E-state index >= 15 is 0 Å². The molecule has 0 bridgehead atoms. The van der Waals surface area contributed by atoms with Crippen LogP contribution in [-0.4, -0.2) is 54.8 Å². The number of aliphatic carboxylic acids is 1. The lowest BCUT2D eigenvalue weighted by atomic mass is 10.1. The summed E-state index contributed by atoms with van der Waals surface area (Å²) in [5.74, 6) is -2.26. The van der Waals surface area contributed by atoms with Crippen molar-refractivity contribution in [1.29, 1.82) is 0 Å². The van der Waals surface area contributed by atoms with Crippen LogP contribution in [0.5, 0.6) is 0 Å². The number of sulfone groups is 1. The molecule has 0 saturated carbocycles. The molecule has 1 amide bonds. The van der Waals surface area contributed by atoms with Gasteiger partial charge in [-0.05, 0) is 18.2 Å². The fourth-order valence-electron chi connectivity index (χ4n) is 2.29. The predicted molar refractivity (Wildman–Crippen MR) is 76.2 cm³/mol. The standard InChI is InChI=1S/C14H16FNO5S/c1-2-22(20,21)11-5-3-4-10(8-11)12(17)16-7-6-14(15,9-16)13(18)19/h3-5,8H,2,6-7,9H2,1H3,(H,18,19). The van der Waals surface area contributed by atoms with Gasteiger partial charge in [0, 0.05) is 18.5 Å². The molecule has 0 aliphatic carbocycles. The van der Waals surface area contributed by atoms with Crippen molar-refractivity contribution in [3.8, 4) is 0 Å². The van der Waals surface area contributed by atoms with Crippen LogP contribution in [0.2, 0.25) is 0 Å². The Morgan fingerprint density at radius 2 is 2.09 bits per heavy atom. The first-order valence-electron chi connectivity index (χ1n) is 6.74. The van der Waals surface area contributed by atoms with E-state index in [9.17, 15) is 22.4 Å². The highest BCUT2D eigenvalue weighted by molar-refractivity contribution is 7.91. The minimum Gasteiger partial charge on any atom is -0.479 e. The number of benzene rings is 1. The second-order valence-corrected chi connectivity index (χ2v) is 7.46. The smallest absolute Gasteiger partial charge is 0.343 e. The van der Waals surface area contributed by atoms with E-state index < -0.39 is 33.9 Å². The van der Waals surface area contributed by atoms with Gasteiger partial charge >= 0.3 is 5.97 Å². The lowest BCUT2D eigenvalue weighted by Gasteiger charge is -2.18. The van der Waals surface area contributed by atoms with E-state index in [1.54, 1.807) is 0 Å². The van der Waals surface area contributed by atoms with Gasteiger partial charge in [-0.1, -0.05) is 13.0 Å². The van der Waals surface area contributed by atoms with Gasteiger partial charge in [0.2, 0.25) is 5.67 Å². The summed E-state index contributed by atoms with van der Waals surface area (Å²) in [5.41, 5.74) is -2.34. The molecule has 1 aromatic rings. The number of carboxylic acids is 1. The van der Waals surface area contributed by atoms with Gasteiger partial charge in [0.15, 0.2) is 9.84 Å². The third-order valence-electron chi connectivity index (χ3n) is 3.71. The van der Waals surface area contributed by atoms with Gasteiger partial charge in [0.25, 0.3) is 5.91 Å². The highest BCUT2D eigenvalue weighted by Gasteiger charge is 2.47. The molecule has 22 heavy (non-hydrogen) atoms. The van der Waals surface area contributed by atoms with Crippen LogP contribution in [0.4, 0.5) is 4.39 Å². The fourth-order valence-corrected chi connectivity index (χ4v) is 3.22. The normalized spacial score (nSPS) is 21.8. The Hall–Kier alpha value is -1.96. The summed E-state index contributed by atoms with van der Waals surface area (Å²) >= 11 is 0. The SMILES string of the molecule is CCS(=O)(=O)c1cccc(C(=O)N2CCC(F)(C(=O)O)C2)c1. The van der Waals surface area contributed by atoms with Gasteiger partial charge < -0.3 is 10.0 Å². The van der Waals surface area contributed by atoms with E-state index in [1.165, 1.54) is 31.2 Å². The molecular formula is C14H16FNO5S. The number of carboxylic acid groups (broad SMARTS) is 1. The lowest BCUT2D eigenvalue weighted by Crippen LogP contribution is -2.38. The van der Waals surface area contributed by atoms with Crippen molar-refractivity contribution in [2.75, 3.05) is 18.8 Å². The van der Waals surface area contributed by atoms with Crippen molar-refractivity contribution in [1.82, 2.24) is 4.90 Å². The Morgan fingerprint density at radius 3 is 2.64 bits per heavy atom. The van der Waals surface area contributed by atoms with E-state index in [4.69, 9.17) is 5.11 Å². The predicted octanol–water partition coefficient (Wildman–Crippen LogP) is 1.12. The van der Waals surface area contributed by atoms with Gasteiger partial charge in [0.05, 0.1) is 17.2 Å². The van der Waals surface area contributed by atoms with Gasteiger partial charge in [0.1, 0.15) is 0 Å². The van der Waals surface area contributed by atoms with E-state index in [0.717, 1.165) is 4.90 Å². The number of nitrogens with zero attached hydrogens (tertiary/aromatic N) is 1. The Kier molecular flexibility index (Phi) is 4.23. The first kappa shape index (κ1) is 16.4. The van der Waals surface area contributed by atoms with Crippen LogP contribution in [0.15, 0.2) is 29.2 Å². The van der Waals surface area contributed by atoms with Crippen LogP contribution in [0, 0.1) is 0 Å². The molecule has 1 heterocycles. The van der Waals surface area contributed by atoms with Gasteiger partial charge in [-0.2, -0.15) is 0 Å². The summed E-state index contributed by atoms with van der Waals surface area (Å²) in [4.78, 5) is 24.3. The van der Waals surface area contributed by atoms with Crippen LogP contribution in [-0.2, 0) is 14.6 Å². The number of alkyl halides is 1. The van der Waals surface area contributed by atoms with Crippen LogP contribution < -0.4 is 0 Å². The summed E-state index contributed by atoms with van der Waals surface area (Å²) in [6, 6.07) is 5.48. The third-order valence-corrected chi connectivity index (χ3v) is 5.44. The Bertz CT molecular complexity index is 718. The molecule has 0 radical (unpaired) electrons. The zero-order valence-corrected chi connectivity index (χ0v) is 12.8. The highest BCUT2D eigenvalue weighted by Crippen LogP contribution is 2.27. The largest absolute Gasteiger partial charge is 0.479 e. The molecule has 0 aromatic heterocycles. The number of carbonyl (C=O) groups is 2. The van der Waals surface area contributed by atoms with Crippen LogP contribution >= 0.6 is 0 Å². The highest BCUT2D eigenvalue weighted by atomic mass is 32.2. The fraction of sp³-hybridized carbons (Fsp3) is 0.429. The third kappa shape index (κ3) is 2.96. The molecule has 2 rings (SSSR count). The van der Waals surface area contributed by atoms with Crippen molar-refractivity contribution >= 4 is 21.7 Å². The Morgan fingerprint density at radius 1 is 1.41 bits per heavy atom. The maximum absolute atomic E-state index is 14.0. The summed E-state index contributed by atoms with van der Waals surface area (Å²) < 4.78 is 37.6. The molecule has 1 aliphatic heterocycles. The first-order valence-corrected chi connectivity index (χ1v) is 8.39. The van der Waals surface area contributed by atoms with Crippen molar-refractivity contribution in [2.45, 2.75) is 23.9 Å². The average Bonchev–Trinajstić information content (AvgIpc) is 2.90. The van der Waals surface area contributed by atoms with E-state index in [2.05, 4.69) is 0 Å². The summed E-state index contributed by atoms with van der Waals surface area (Å²) in [7, 11) is -3.45. The molecular weight excluding hydrogens is 313 g/mol. The Labute approximate surface area is 127 Å². The van der Waals surface area contributed by atoms with Crippen molar-refractivity contribution in [3.63, 3.8) is 0 Å². The molecule has 1 unspecified atom stereocenters. The van der Waals surface area contributed by atoms with E-state index in [0.29, 0.717) is 0 Å². The second-order valence-electron chi connectivity index (χ2n) is 5.18. The average molecular weight is 329 g/mol. The molecule has 1 atom stereocenters. The molecule has 1 fully saturated rings. The van der Waals surface area contributed by atoms with Crippen molar-refractivity contribution < 1.29 is 27.5 Å². The second kappa shape index (κ2) is 5.68. The zero-order valence-electron chi connectivity index (χ0n) is 12.0. The van der Waals surface area contributed by atoms with Gasteiger partial charge in [-0.3, -0.25) is 4.79 Å². The number of likely N-dealkylation sites (tertiary alicyclic amines) is 1. The summed E-state index contributed by atoms with van der Waals surface area (Å²) in [6.07, 6.45) is -0.277. The topological polar surface area (TPSA) is 91.8 Å². The molecule has 1 N–H and O–H groups in total. The summed E-state index contributed by atoms with van der Waals surface area (Å²) in [5, 5.41) is 8.83. The molecule has 6 nitrogen and oxygen atoms in total. The van der Waals surface area contributed by atoms with Crippen LogP contribution in [0.3, 0.4) is 0 Å². The number of rotatable bonds is 4. The molecule has 1 aromatic carbocycles. The summed E-state index contributed by atoms with van der Waals surface area (Å²) in [6.45, 7) is 0.937. The van der Waals surface area contributed by atoms with Crippen LogP contribution in [0.1, 0.15) is 23.7 Å². The zero-order chi connectivity index (χ0) is 16.5. The van der Waals surface area contributed by atoms with Crippen LogP contribution in [0.25, 0.3) is 0 Å². The monoisotopic (exact) mass is 329 g/mol. The maximum atomic E-state index is 14.0. The number of halogens is 1. The Balaban J connectivity index is 2.25. The minimum atomic E-state index is -3.45. The molecule has 120 valence electrons. The first-order chi connectivity index (χ1) is 10.2. The van der Waals surface area contributed by atoms with E-state index in [1.807, 2.05) is 0 Å². The number of hydrogen-bond donors (Lipinski definition) is 1. The minimum absolute atomic E-state index is 0.0183.